The van der Waals surface area contributed by atoms with E-state index in [2.05, 4.69) is 9.71 Å². The van der Waals surface area contributed by atoms with Gasteiger partial charge in [0.25, 0.3) is 10.0 Å². The molecule has 0 saturated carbocycles. The van der Waals surface area contributed by atoms with Crippen LogP contribution in [0.4, 0.5) is 5.69 Å². The molecule has 0 aromatic carbocycles. The third kappa shape index (κ3) is 3.43. The van der Waals surface area contributed by atoms with Crippen molar-refractivity contribution >= 4 is 15.7 Å². The second-order valence-electron chi connectivity index (χ2n) is 4.81. The number of hydrogen-bond donors (Lipinski definition) is 2. The molecular weight excluding hydrogens is 290 g/mol. The van der Waals surface area contributed by atoms with Gasteiger partial charge < -0.3 is 9.67 Å². The van der Waals surface area contributed by atoms with Crippen molar-refractivity contribution in [2.75, 3.05) is 4.72 Å². The average molecular weight is 309 g/mol. The van der Waals surface area contributed by atoms with Crippen molar-refractivity contribution < 1.29 is 13.5 Å². The highest BCUT2D eigenvalue weighted by Gasteiger charge is 2.19. The lowest BCUT2D eigenvalue weighted by molar-refractivity contribution is 0.270. The topological polar surface area (TPSA) is 84.2 Å². The highest BCUT2D eigenvalue weighted by Crippen LogP contribution is 2.21. The summed E-state index contributed by atoms with van der Waals surface area (Å²) in [4.78, 5) is 4.08. The number of nitrogens with one attached hydrogen (secondary N) is 1. The SMILES string of the molecule is CCCn1cc(S(=O)(=O)Nc2ccncc2C)cc1CO. The van der Waals surface area contributed by atoms with E-state index in [-0.39, 0.29) is 11.5 Å². The van der Waals surface area contributed by atoms with E-state index in [1.807, 2.05) is 6.92 Å². The molecule has 2 N–H and O–H groups in total. The Kier molecular flexibility index (Phi) is 4.64. The molecule has 2 aromatic heterocycles. The van der Waals surface area contributed by atoms with E-state index >= 15 is 0 Å². The Balaban J connectivity index is 2.34. The van der Waals surface area contributed by atoms with Crippen LogP contribution in [0.5, 0.6) is 0 Å². The van der Waals surface area contributed by atoms with Crippen LogP contribution in [0.15, 0.2) is 35.6 Å². The molecule has 0 bridgehead atoms. The second kappa shape index (κ2) is 6.28. The van der Waals surface area contributed by atoms with Crippen LogP contribution in [-0.4, -0.2) is 23.1 Å². The van der Waals surface area contributed by atoms with Crippen molar-refractivity contribution in [1.29, 1.82) is 0 Å². The maximum Gasteiger partial charge on any atom is 0.263 e. The lowest BCUT2D eigenvalue weighted by Gasteiger charge is -2.08. The molecule has 0 aliphatic rings. The summed E-state index contributed by atoms with van der Waals surface area (Å²) in [5.41, 5.74) is 1.83. The maximum absolute atomic E-state index is 12.4. The van der Waals surface area contributed by atoms with Gasteiger partial charge in [-0.2, -0.15) is 0 Å². The van der Waals surface area contributed by atoms with Gasteiger partial charge in [-0.25, -0.2) is 8.42 Å². The summed E-state index contributed by atoms with van der Waals surface area (Å²) < 4.78 is 29.1. The molecule has 0 aliphatic carbocycles. The van der Waals surface area contributed by atoms with Crippen LogP contribution >= 0.6 is 0 Å². The summed E-state index contributed by atoms with van der Waals surface area (Å²) >= 11 is 0. The first-order valence-electron chi connectivity index (χ1n) is 6.71. The number of hydrogen-bond acceptors (Lipinski definition) is 4. The normalized spacial score (nSPS) is 11.6. The molecule has 0 amide bonds. The van der Waals surface area contributed by atoms with E-state index in [0.717, 1.165) is 12.0 Å². The number of anilines is 1. The Morgan fingerprint density at radius 2 is 2.19 bits per heavy atom. The number of rotatable bonds is 6. The third-order valence-corrected chi connectivity index (χ3v) is 4.49. The zero-order chi connectivity index (χ0) is 15.5. The quantitative estimate of drug-likeness (QED) is 0.853. The zero-order valence-corrected chi connectivity index (χ0v) is 12.9. The number of aliphatic hydroxyl groups excluding tert-OH is 1. The van der Waals surface area contributed by atoms with Gasteiger partial charge in [-0.15, -0.1) is 0 Å². The van der Waals surface area contributed by atoms with Crippen molar-refractivity contribution in [3.63, 3.8) is 0 Å². The largest absolute Gasteiger partial charge is 0.390 e. The predicted molar refractivity (Wildman–Crippen MR) is 80.4 cm³/mol. The first-order chi connectivity index (χ1) is 9.97. The molecule has 0 fully saturated rings. The van der Waals surface area contributed by atoms with E-state index in [4.69, 9.17) is 0 Å². The summed E-state index contributed by atoms with van der Waals surface area (Å²) in [6.45, 7) is 4.25. The van der Waals surface area contributed by atoms with Gasteiger partial charge in [-0.05, 0) is 31.0 Å². The Labute approximate surface area is 124 Å². The third-order valence-electron chi connectivity index (χ3n) is 3.16. The number of nitrogens with zero attached hydrogens (tertiary/aromatic N) is 2. The zero-order valence-electron chi connectivity index (χ0n) is 12.1. The van der Waals surface area contributed by atoms with Crippen molar-refractivity contribution in [2.24, 2.45) is 0 Å². The minimum atomic E-state index is -3.68. The van der Waals surface area contributed by atoms with E-state index in [1.54, 1.807) is 30.0 Å². The van der Waals surface area contributed by atoms with Crippen molar-refractivity contribution in [2.45, 2.75) is 38.3 Å². The fraction of sp³-hybridized carbons (Fsp3) is 0.357. The Hall–Kier alpha value is -1.86. The van der Waals surface area contributed by atoms with Gasteiger partial charge in [0.05, 0.1) is 12.3 Å². The second-order valence-corrected chi connectivity index (χ2v) is 6.50. The van der Waals surface area contributed by atoms with Gasteiger partial charge in [0.15, 0.2) is 0 Å². The summed E-state index contributed by atoms with van der Waals surface area (Å²) in [7, 11) is -3.68. The summed E-state index contributed by atoms with van der Waals surface area (Å²) in [5, 5.41) is 9.31. The minimum Gasteiger partial charge on any atom is -0.390 e. The van der Waals surface area contributed by atoms with Crippen molar-refractivity contribution in [3.05, 3.63) is 42.0 Å². The molecule has 0 unspecified atom stereocenters. The first kappa shape index (κ1) is 15.5. The van der Waals surface area contributed by atoms with Crippen molar-refractivity contribution in [1.82, 2.24) is 9.55 Å². The number of aliphatic hydroxyl groups is 1. The molecule has 0 spiro atoms. The molecule has 0 saturated heterocycles. The van der Waals surface area contributed by atoms with Crippen LogP contribution in [0, 0.1) is 6.92 Å². The van der Waals surface area contributed by atoms with Crippen LogP contribution in [0.2, 0.25) is 0 Å². The summed E-state index contributed by atoms with van der Waals surface area (Å²) in [6.07, 6.45) is 5.54. The number of sulfonamides is 1. The number of pyridine rings is 1. The molecule has 2 aromatic rings. The van der Waals surface area contributed by atoms with E-state index in [9.17, 15) is 13.5 Å². The molecule has 21 heavy (non-hydrogen) atoms. The Morgan fingerprint density at radius 1 is 1.43 bits per heavy atom. The Bertz CT molecular complexity index is 723. The average Bonchev–Trinajstić information content (AvgIpc) is 2.86. The summed E-state index contributed by atoms with van der Waals surface area (Å²) in [6, 6.07) is 3.11. The summed E-state index contributed by atoms with van der Waals surface area (Å²) in [5.74, 6) is 0. The molecule has 0 radical (unpaired) electrons. The maximum atomic E-state index is 12.4. The van der Waals surface area contributed by atoms with Gasteiger partial charge in [-0.3, -0.25) is 9.71 Å². The first-order valence-corrected chi connectivity index (χ1v) is 8.19. The number of aromatic nitrogens is 2. The molecule has 7 heteroatoms. The van der Waals surface area contributed by atoms with E-state index in [0.29, 0.717) is 17.9 Å². The molecule has 0 atom stereocenters. The lowest BCUT2D eigenvalue weighted by Crippen LogP contribution is -2.13. The fourth-order valence-electron chi connectivity index (χ4n) is 2.04. The Morgan fingerprint density at radius 3 is 2.81 bits per heavy atom. The predicted octanol–water partition coefficient (Wildman–Crippen LogP) is 1.89. The van der Waals surface area contributed by atoms with Crippen LogP contribution < -0.4 is 4.72 Å². The van der Waals surface area contributed by atoms with Gasteiger partial charge in [0.2, 0.25) is 0 Å². The molecule has 2 rings (SSSR count). The lowest BCUT2D eigenvalue weighted by atomic mass is 10.3. The van der Waals surface area contributed by atoms with Gasteiger partial charge in [-0.1, -0.05) is 6.92 Å². The smallest absolute Gasteiger partial charge is 0.263 e. The highest BCUT2D eigenvalue weighted by molar-refractivity contribution is 7.92. The van der Waals surface area contributed by atoms with Crippen LogP contribution in [-0.2, 0) is 23.2 Å². The van der Waals surface area contributed by atoms with E-state index in [1.165, 1.54) is 12.3 Å². The molecule has 6 nitrogen and oxygen atoms in total. The van der Waals surface area contributed by atoms with Gasteiger partial charge >= 0.3 is 0 Å². The highest BCUT2D eigenvalue weighted by atomic mass is 32.2. The molecule has 2 heterocycles. The van der Waals surface area contributed by atoms with Gasteiger partial charge in [0, 0.05) is 30.8 Å². The number of aryl methyl sites for hydroxylation is 2. The molecular formula is C14H19N3O3S. The van der Waals surface area contributed by atoms with Crippen molar-refractivity contribution in [3.8, 4) is 0 Å². The standard InChI is InChI=1S/C14H19N3O3S/c1-3-6-17-9-13(7-12(17)10-18)21(19,20)16-14-4-5-15-8-11(14)2/h4-5,7-9,18H,3,6,10H2,1-2H3,(H,15,16). The fourth-order valence-corrected chi connectivity index (χ4v) is 3.24. The van der Waals surface area contributed by atoms with Gasteiger partial charge in [0.1, 0.15) is 4.90 Å². The molecule has 0 aliphatic heterocycles. The molecule has 114 valence electrons. The van der Waals surface area contributed by atoms with Crippen LogP contribution in [0.25, 0.3) is 0 Å². The van der Waals surface area contributed by atoms with E-state index < -0.39 is 10.0 Å². The van der Waals surface area contributed by atoms with Crippen LogP contribution in [0.1, 0.15) is 24.6 Å². The monoisotopic (exact) mass is 309 g/mol. The van der Waals surface area contributed by atoms with Crippen LogP contribution in [0.3, 0.4) is 0 Å². The minimum absolute atomic E-state index is 0.149.